The van der Waals surface area contributed by atoms with Crippen LogP contribution in [0.1, 0.15) is 6.42 Å². The Labute approximate surface area is 69.5 Å². The highest BCUT2D eigenvalue weighted by Crippen LogP contribution is 2.34. The fourth-order valence-electron chi connectivity index (χ4n) is 1.83. The lowest BCUT2D eigenvalue weighted by atomic mass is 9.91. The van der Waals surface area contributed by atoms with E-state index < -0.39 is 12.2 Å². The van der Waals surface area contributed by atoms with E-state index in [0.29, 0.717) is 26.1 Å². The Bertz CT molecular complexity index is 211. The molecule has 2 rings (SSSR count). The SMILES string of the molecule is O=C(O)N1CC2(C[C@@H](O)CO2)C1. The Balaban J connectivity index is 1.91. The topological polar surface area (TPSA) is 70.0 Å². The number of carboxylic acid groups (broad SMARTS) is 1. The maximum Gasteiger partial charge on any atom is 0.407 e. The maximum absolute atomic E-state index is 10.4. The van der Waals surface area contributed by atoms with Gasteiger partial charge in [-0.1, -0.05) is 0 Å². The van der Waals surface area contributed by atoms with Gasteiger partial charge in [-0.3, -0.25) is 0 Å². The first-order valence-electron chi connectivity index (χ1n) is 3.91. The summed E-state index contributed by atoms with van der Waals surface area (Å²) in [6.07, 6.45) is -0.761. The van der Waals surface area contributed by atoms with Crippen molar-refractivity contribution in [3.63, 3.8) is 0 Å². The summed E-state index contributed by atoms with van der Waals surface area (Å²) in [7, 11) is 0. The third kappa shape index (κ3) is 1.05. The van der Waals surface area contributed by atoms with Gasteiger partial charge >= 0.3 is 6.09 Å². The molecule has 2 heterocycles. The third-order valence-electron chi connectivity index (χ3n) is 2.42. The highest BCUT2D eigenvalue weighted by molar-refractivity contribution is 5.66. The number of aliphatic hydroxyl groups excluding tert-OH is 1. The van der Waals surface area contributed by atoms with Crippen molar-refractivity contribution in [2.24, 2.45) is 0 Å². The number of amides is 1. The smallest absolute Gasteiger partial charge is 0.407 e. The second-order valence-electron chi connectivity index (χ2n) is 3.49. The van der Waals surface area contributed by atoms with Crippen LogP contribution in [-0.2, 0) is 4.74 Å². The fourth-order valence-corrected chi connectivity index (χ4v) is 1.83. The summed E-state index contributed by atoms with van der Waals surface area (Å²) in [5, 5.41) is 17.7. The molecule has 0 aliphatic carbocycles. The molecule has 68 valence electrons. The molecular formula is C7H11NO4. The average molecular weight is 173 g/mol. The second-order valence-corrected chi connectivity index (χ2v) is 3.49. The van der Waals surface area contributed by atoms with Gasteiger partial charge in [0.15, 0.2) is 0 Å². The fraction of sp³-hybridized carbons (Fsp3) is 0.857. The molecule has 0 radical (unpaired) electrons. The highest BCUT2D eigenvalue weighted by Gasteiger charge is 2.51. The van der Waals surface area contributed by atoms with Crippen molar-refractivity contribution in [2.75, 3.05) is 19.7 Å². The van der Waals surface area contributed by atoms with Crippen molar-refractivity contribution < 1.29 is 19.7 Å². The van der Waals surface area contributed by atoms with Gasteiger partial charge in [0.2, 0.25) is 0 Å². The minimum Gasteiger partial charge on any atom is -0.465 e. The molecule has 5 heteroatoms. The first-order chi connectivity index (χ1) is 5.61. The van der Waals surface area contributed by atoms with E-state index in [0.717, 1.165) is 0 Å². The zero-order valence-corrected chi connectivity index (χ0v) is 6.56. The van der Waals surface area contributed by atoms with Gasteiger partial charge in [-0.15, -0.1) is 0 Å². The van der Waals surface area contributed by atoms with Crippen LogP contribution in [0.3, 0.4) is 0 Å². The van der Waals surface area contributed by atoms with Crippen molar-refractivity contribution in [3.05, 3.63) is 0 Å². The van der Waals surface area contributed by atoms with Gasteiger partial charge in [-0.05, 0) is 0 Å². The van der Waals surface area contributed by atoms with E-state index in [9.17, 15) is 4.79 Å². The molecule has 0 aromatic rings. The summed E-state index contributed by atoms with van der Waals surface area (Å²) < 4.78 is 5.31. The van der Waals surface area contributed by atoms with E-state index >= 15 is 0 Å². The van der Waals surface area contributed by atoms with Crippen LogP contribution in [0.4, 0.5) is 4.79 Å². The van der Waals surface area contributed by atoms with E-state index in [1.807, 2.05) is 0 Å². The van der Waals surface area contributed by atoms with Crippen molar-refractivity contribution >= 4 is 6.09 Å². The number of nitrogens with zero attached hydrogens (tertiary/aromatic N) is 1. The lowest BCUT2D eigenvalue weighted by Gasteiger charge is -2.45. The molecule has 0 aromatic carbocycles. The van der Waals surface area contributed by atoms with E-state index in [2.05, 4.69) is 0 Å². The summed E-state index contributed by atoms with van der Waals surface area (Å²) in [6.45, 7) is 1.15. The quantitative estimate of drug-likeness (QED) is 0.518. The van der Waals surface area contributed by atoms with Crippen molar-refractivity contribution in [1.82, 2.24) is 4.90 Å². The standard InChI is InChI=1S/C7H11NO4/c9-5-1-7(12-2-5)3-8(4-7)6(10)11/h5,9H,1-4H2,(H,10,11)/t5-/m1/s1. The molecule has 1 spiro atoms. The zero-order valence-electron chi connectivity index (χ0n) is 6.56. The lowest BCUT2D eigenvalue weighted by molar-refractivity contribution is -0.0982. The number of ether oxygens (including phenoxy) is 1. The lowest BCUT2D eigenvalue weighted by Crippen LogP contribution is -2.63. The van der Waals surface area contributed by atoms with Crippen LogP contribution < -0.4 is 0 Å². The van der Waals surface area contributed by atoms with Crippen LogP contribution in [0.25, 0.3) is 0 Å². The highest BCUT2D eigenvalue weighted by atomic mass is 16.5. The molecule has 1 amide bonds. The van der Waals surface area contributed by atoms with Gasteiger partial charge in [-0.2, -0.15) is 0 Å². The molecule has 0 aromatic heterocycles. The van der Waals surface area contributed by atoms with Crippen molar-refractivity contribution in [3.8, 4) is 0 Å². The van der Waals surface area contributed by atoms with Gasteiger partial charge in [0.05, 0.1) is 25.8 Å². The molecule has 5 nitrogen and oxygen atoms in total. The third-order valence-corrected chi connectivity index (χ3v) is 2.42. The van der Waals surface area contributed by atoms with Crippen LogP contribution >= 0.6 is 0 Å². The summed E-state index contributed by atoms with van der Waals surface area (Å²) >= 11 is 0. The first kappa shape index (κ1) is 7.82. The molecule has 2 N–H and O–H groups in total. The maximum atomic E-state index is 10.4. The largest absolute Gasteiger partial charge is 0.465 e. The number of hydrogen-bond donors (Lipinski definition) is 2. The molecule has 2 fully saturated rings. The van der Waals surface area contributed by atoms with Crippen LogP contribution in [0.5, 0.6) is 0 Å². The number of likely N-dealkylation sites (tertiary alicyclic amines) is 1. The Morgan fingerprint density at radius 2 is 2.25 bits per heavy atom. The Morgan fingerprint density at radius 3 is 2.67 bits per heavy atom. The number of rotatable bonds is 0. The number of hydrogen-bond acceptors (Lipinski definition) is 3. The van der Waals surface area contributed by atoms with Crippen molar-refractivity contribution in [1.29, 1.82) is 0 Å². The zero-order chi connectivity index (χ0) is 8.77. The minimum atomic E-state index is -0.911. The van der Waals surface area contributed by atoms with E-state index in [1.54, 1.807) is 0 Å². The number of carbonyl (C=O) groups is 1. The minimum absolute atomic E-state index is 0.341. The predicted molar refractivity (Wildman–Crippen MR) is 38.9 cm³/mol. The molecule has 2 aliphatic rings. The molecule has 0 unspecified atom stereocenters. The Kier molecular flexibility index (Phi) is 1.52. The van der Waals surface area contributed by atoms with Crippen molar-refractivity contribution in [2.45, 2.75) is 18.1 Å². The summed E-state index contributed by atoms with van der Waals surface area (Å²) in [5.74, 6) is 0. The molecule has 2 aliphatic heterocycles. The molecule has 2 saturated heterocycles. The van der Waals surface area contributed by atoms with Gasteiger partial charge in [0, 0.05) is 6.42 Å². The molecule has 1 atom stereocenters. The molecule has 0 bridgehead atoms. The van der Waals surface area contributed by atoms with E-state index in [1.165, 1.54) is 4.90 Å². The van der Waals surface area contributed by atoms with Gasteiger partial charge in [-0.25, -0.2) is 4.79 Å². The van der Waals surface area contributed by atoms with E-state index in [4.69, 9.17) is 14.9 Å². The summed E-state index contributed by atoms with van der Waals surface area (Å²) in [4.78, 5) is 11.7. The van der Waals surface area contributed by atoms with E-state index in [-0.39, 0.29) is 5.60 Å². The van der Waals surface area contributed by atoms with Crippen LogP contribution in [0.2, 0.25) is 0 Å². The first-order valence-corrected chi connectivity index (χ1v) is 3.91. The normalized spacial score (nSPS) is 32.1. The summed E-state index contributed by atoms with van der Waals surface area (Å²) in [5.41, 5.74) is -0.363. The van der Waals surface area contributed by atoms with Gasteiger partial charge < -0.3 is 19.8 Å². The molecular weight excluding hydrogens is 162 g/mol. The monoisotopic (exact) mass is 173 g/mol. The second kappa shape index (κ2) is 2.34. The van der Waals surface area contributed by atoms with Crippen LogP contribution in [0, 0.1) is 0 Å². The van der Waals surface area contributed by atoms with Gasteiger partial charge in [0.25, 0.3) is 0 Å². The Hall–Kier alpha value is -0.810. The predicted octanol–water partition coefficient (Wildman–Crippen LogP) is -0.500. The summed E-state index contributed by atoms with van der Waals surface area (Å²) in [6, 6.07) is 0. The van der Waals surface area contributed by atoms with Gasteiger partial charge in [0.1, 0.15) is 5.60 Å². The average Bonchev–Trinajstić information content (AvgIpc) is 2.27. The Morgan fingerprint density at radius 1 is 1.58 bits per heavy atom. The molecule has 12 heavy (non-hydrogen) atoms. The van der Waals surface area contributed by atoms with Crippen LogP contribution in [-0.4, -0.2) is 52.6 Å². The number of aliphatic hydroxyl groups is 1. The van der Waals surface area contributed by atoms with Crippen LogP contribution in [0.15, 0.2) is 0 Å². The molecule has 0 saturated carbocycles.